The lowest BCUT2D eigenvalue weighted by Gasteiger charge is -2.29. The van der Waals surface area contributed by atoms with Crippen LogP contribution in [0.2, 0.25) is 0 Å². The van der Waals surface area contributed by atoms with Gasteiger partial charge in [0.1, 0.15) is 0 Å². The highest BCUT2D eigenvalue weighted by Gasteiger charge is 2.22. The van der Waals surface area contributed by atoms with Gasteiger partial charge in [0, 0.05) is 0 Å². The zero-order valence-corrected chi connectivity index (χ0v) is 25.6. The molecule has 0 spiro atoms. The van der Waals surface area contributed by atoms with Gasteiger partial charge in [-0.25, -0.2) is 0 Å². The molecule has 0 saturated heterocycles. The number of hydrogen-bond acceptors (Lipinski definition) is 0. The van der Waals surface area contributed by atoms with Crippen LogP contribution in [0.5, 0.6) is 0 Å². The SMILES string of the molecule is CCC=C(CCC(=CCC(C)(C)CC=C(CCCC(C)C)CCC(C)C)CC)C(C)(C)CCC. The van der Waals surface area contributed by atoms with E-state index in [2.05, 4.69) is 94.4 Å². The summed E-state index contributed by atoms with van der Waals surface area (Å²) in [5.41, 5.74) is 5.73. The molecule has 200 valence electrons. The van der Waals surface area contributed by atoms with Crippen molar-refractivity contribution in [3.63, 3.8) is 0 Å². The summed E-state index contributed by atoms with van der Waals surface area (Å²) in [5.74, 6) is 1.62. The molecule has 0 heteroatoms. The Morgan fingerprint density at radius 2 is 1.26 bits per heavy atom. The molecule has 0 atom stereocenters. The van der Waals surface area contributed by atoms with Crippen molar-refractivity contribution in [2.24, 2.45) is 22.7 Å². The van der Waals surface area contributed by atoms with Gasteiger partial charge in [-0.1, -0.05) is 124 Å². The van der Waals surface area contributed by atoms with Gasteiger partial charge in [-0.2, -0.15) is 0 Å². The summed E-state index contributed by atoms with van der Waals surface area (Å²) in [6.45, 7) is 26.2. The van der Waals surface area contributed by atoms with Crippen LogP contribution >= 0.6 is 0 Å². The molecule has 0 nitrogen and oxygen atoms in total. The Morgan fingerprint density at radius 3 is 1.76 bits per heavy atom. The van der Waals surface area contributed by atoms with Crippen LogP contribution in [-0.2, 0) is 0 Å². The molecule has 0 unspecified atom stereocenters. The van der Waals surface area contributed by atoms with Gasteiger partial charge in [-0.3, -0.25) is 0 Å². The molecule has 0 aliphatic carbocycles. The fourth-order valence-corrected chi connectivity index (χ4v) is 4.93. The van der Waals surface area contributed by atoms with Gasteiger partial charge in [-0.05, 0) is 93.3 Å². The van der Waals surface area contributed by atoms with E-state index in [1.54, 1.807) is 16.7 Å². The summed E-state index contributed by atoms with van der Waals surface area (Å²) in [7, 11) is 0. The molecule has 34 heavy (non-hydrogen) atoms. The lowest BCUT2D eigenvalue weighted by molar-refractivity contribution is 0.372. The molecule has 0 aromatic rings. The Morgan fingerprint density at radius 1 is 0.676 bits per heavy atom. The third kappa shape index (κ3) is 16.0. The molecule has 0 N–H and O–H groups in total. The molecule has 0 aliphatic heterocycles. The first-order chi connectivity index (χ1) is 15.9. The van der Waals surface area contributed by atoms with Crippen LogP contribution in [0.25, 0.3) is 0 Å². The molecule has 0 saturated carbocycles. The smallest absolute Gasteiger partial charge is 0.0145 e. The highest BCUT2D eigenvalue weighted by molar-refractivity contribution is 5.15. The zero-order valence-electron chi connectivity index (χ0n) is 25.6. The molecular weight excluding hydrogens is 408 g/mol. The fraction of sp³-hybridized carbons (Fsp3) is 0.824. The average Bonchev–Trinajstić information content (AvgIpc) is 2.74. The van der Waals surface area contributed by atoms with E-state index >= 15 is 0 Å². The van der Waals surface area contributed by atoms with Gasteiger partial charge < -0.3 is 0 Å². The monoisotopic (exact) mass is 473 g/mol. The van der Waals surface area contributed by atoms with Gasteiger partial charge in [0.25, 0.3) is 0 Å². The topological polar surface area (TPSA) is 0 Å². The molecule has 0 heterocycles. The second-order valence-electron chi connectivity index (χ2n) is 13.1. The van der Waals surface area contributed by atoms with Crippen molar-refractivity contribution in [2.45, 2.75) is 160 Å². The van der Waals surface area contributed by atoms with E-state index in [9.17, 15) is 0 Å². The van der Waals surface area contributed by atoms with Gasteiger partial charge in [-0.15, -0.1) is 0 Å². The summed E-state index contributed by atoms with van der Waals surface area (Å²) >= 11 is 0. The van der Waals surface area contributed by atoms with Crippen LogP contribution in [0.3, 0.4) is 0 Å². The van der Waals surface area contributed by atoms with Crippen molar-refractivity contribution < 1.29 is 0 Å². The second-order valence-corrected chi connectivity index (χ2v) is 13.1. The largest absolute Gasteiger partial charge is 0.0851 e. The van der Waals surface area contributed by atoms with E-state index in [-0.39, 0.29) is 0 Å². The minimum Gasteiger partial charge on any atom is -0.0851 e. The molecule has 0 fully saturated rings. The first-order valence-electron chi connectivity index (χ1n) is 14.9. The van der Waals surface area contributed by atoms with E-state index in [0.29, 0.717) is 10.8 Å². The maximum absolute atomic E-state index is 2.62. The molecule has 0 bridgehead atoms. The van der Waals surface area contributed by atoms with E-state index < -0.39 is 0 Å². The lowest BCUT2D eigenvalue weighted by Crippen LogP contribution is -2.15. The molecular formula is C34H64. The summed E-state index contributed by atoms with van der Waals surface area (Å²) in [4.78, 5) is 0. The van der Waals surface area contributed by atoms with E-state index in [4.69, 9.17) is 0 Å². The van der Waals surface area contributed by atoms with Crippen molar-refractivity contribution in [3.8, 4) is 0 Å². The minimum atomic E-state index is 0.338. The summed E-state index contributed by atoms with van der Waals surface area (Å²) in [5, 5.41) is 0. The predicted octanol–water partition coefficient (Wildman–Crippen LogP) is 12.3. The van der Waals surface area contributed by atoms with E-state index in [1.165, 1.54) is 77.0 Å². The fourth-order valence-electron chi connectivity index (χ4n) is 4.93. The molecule has 0 rings (SSSR count). The van der Waals surface area contributed by atoms with Gasteiger partial charge in [0.05, 0.1) is 0 Å². The van der Waals surface area contributed by atoms with E-state index in [1.807, 2.05) is 0 Å². The number of hydrogen-bond donors (Lipinski definition) is 0. The molecule has 0 aliphatic rings. The third-order valence-corrected chi connectivity index (χ3v) is 7.57. The highest BCUT2D eigenvalue weighted by Crippen LogP contribution is 2.36. The standard InChI is InChI=1S/C34H64/c1-12-16-32(34(10,11)25-13-2)22-21-30(14-3)23-26-33(8,9)27-24-31(20-19-29(6)7)18-15-17-28(4)5/h16,23-24,28-29H,12-15,17-22,25-27H2,1-11H3. The molecule has 0 amide bonds. The van der Waals surface area contributed by atoms with Crippen LogP contribution in [0.4, 0.5) is 0 Å². The van der Waals surface area contributed by atoms with Gasteiger partial charge >= 0.3 is 0 Å². The normalized spacial score (nSPS) is 14.6. The van der Waals surface area contributed by atoms with Crippen molar-refractivity contribution in [3.05, 3.63) is 34.9 Å². The molecule has 0 radical (unpaired) electrons. The van der Waals surface area contributed by atoms with Crippen LogP contribution in [0, 0.1) is 22.7 Å². The predicted molar refractivity (Wildman–Crippen MR) is 159 cm³/mol. The van der Waals surface area contributed by atoms with Crippen molar-refractivity contribution in [1.29, 1.82) is 0 Å². The van der Waals surface area contributed by atoms with Gasteiger partial charge in [0.2, 0.25) is 0 Å². The summed E-state index contributed by atoms with van der Waals surface area (Å²) in [6, 6.07) is 0. The molecule has 0 aromatic carbocycles. The first-order valence-corrected chi connectivity index (χ1v) is 14.9. The second kappa shape index (κ2) is 17.6. The van der Waals surface area contributed by atoms with Crippen LogP contribution in [0.1, 0.15) is 160 Å². The van der Waals surface area contributed by atoms with E-state index in [0.717, 1.165) is 18.3 Å². The molecule has 0 aromatic heterocycles. The minimum absolute atomic E-state index is 0.338. The van der Waals surface area contributed by atoms with Gasteiger partial charge in [0.15, 0.2) is 0 Å². The van der Waals surface area contributed by atoms with Crippen LogP contribution in [0.15, 0.2) is 34.9 Å². The maximum Gasteiger partial charge on any atom is -0.0145 e. The van der Waals surface area contributed by atoms with Crippen molar-refractivity contribution in [2.75, 3.05) is 0 Å². The number of rotatable bonds is 19. The third-order valence-electron chi connectivity index (χ3n) is 7.57. The zero-order chi connectivity index (χ0) is 26.2. The quantitative estimate of drug-likeness (QED) is 0.164. The summed E-state index contributed by atoms with van der Waals surface area (Å²) < 4.78 is 0. The van der Waals surface area contributed by atoms with Crippen LogP contribution < -0.4 is 0 Å². The maximum atomic E-state index is 2.62. The summed E-state index contributed by atoms with van der Waals surface area (Å²) in [6.07, 6.45) is 24.1. The Kier molecular flexibility index (Phi) is 17.2. The first kappa shape index (κ1) is 33.2. The average molecular weight is 473 g/mol. The Labute approximate surface area is 217 Å². The Hall–Kier alpha value is -0.780. The van der Waals surface area contributed by atoms with Crippen LogP contribution in [-0.4, -0.2) is 0 Å². The number of allylic oxidation sites excluding steroid dienone is 6. The highest BCUT2D eigenvalue weighted by atomic mass is 14.3. The van der Waals surface area contributed by atoms with Crippen molar-refractivity contribution >= 4 is 0 Å². The lowest BCUT2D eigenvalue weighted by atomic mass is 9.77. The van der Waals surface area contributed by atoms with Crippen molar-refractivity contribution in [1.82, 2.24) is 0 Å². The Bertz CT molecular complexity index is 606. The Balaban J connectivity index is 5.13.